The van der Waals surface area contributed by atoms with Gasteiger partial charge in [0.2, 0.25) is 5.89 Å². The lowest BCUT2D eigenvalue weighted by molar-refractivity contribution is 0.0979. The van der Waals surface area contributed by atoms with E-state index in [1.54, 1.807) is 6.07 Å². The summed E-state index contributed by atoms with van der Waals surface area (Å²) in [5, 5.41) is 8.06. The number of aromatic nitrogens is 1. The number of oxazole rings is 1. The zero-order chi connectivity index (χ0) is 23.8. The predicted octanol–water partition coefficient (Wildman–Crippen LogP) is 6.70. The second-order valence-corrected chi connectivity index (χ2v) is 8.82. The van der Waals surface area contributed by atoms with Gasteiger partial charge in [-0.2, -0.15) is 0 Å². The first-order valence-corrected chi connectivity index (χ1v) is 11.4. The summed E-state index contributed by atoms with van der Waals surface area (Å²) in [6, 6.07) is 23.4. The topological polar surface area (TPSA) is 67.2 Å². The lowest BCUT2D eigenvalue weighted by atomic mass is 10.0. The molecule has 5 aromatic rings. The van der Waals surface area contributed by atoms with Crippen LogP contribution < -0.4 is 10.6 Å². The Hall–Kier alpha value is -4.03. The van der Waals surface area contributed by atoms with E-state index in [4.69, 9.17) is 16.6 Å². The van der Waals surface area contributed by atoms with Crippen molar-refractivity contribution in [2.75, 3.05) is 5.32 Å². The molecule has 1 aromatic heterocycles. The van der Waals surface area contributed by atoms with Crippen LogP contribution in [0.5, 0.6) is 0 Å². The number of hydrogen-bond acceptors (Lipinski definition) is 4. The van der Waals surface area contributed by atoms with Gasteiger partial charge < -0.3 is 9.73 Å². The highest BCUT2D eigenvalue weighted by atomic mass is 32.1. The summed E-state index contributed by atoms with van der Waals surface area (Å²) in [5.74, 6) is 0.283. The molecule has 168 valence electrons. The third-order valence-corrected chi connectivity index (χ3v) is 6.02. The van der Waals surface area contributed by atoms with Crippen molar-refractivity contribution in [3.05, 3.63) is 95.1 Å². The van der Waals surface area contributed by atoms with Crippen LogP contribution in [0.15, 0.2) is 77.2 Å². The van der Waals surface area contributed by atoms with Crippen molar-refractivity contribution >= 4 is 50.8 Å². The van der Waals surface area contributed by atoms with Crippen LogP contribution in [0.3, 0.4) is 0 Å². The van der Waals surface area contributed by atoms with E-state index in [1.807, 2.05) is 81.4 Å². The zero-order valence-corrected chi connectivity index (χ0v) is 19.9. The first kappa shape index (κ1) is 21.8. The molecule has 0 unspecified atom stereocenters. The molecule has 6 heteroatoms. The number of rotatable bonds is 3. The molecule has 0 aliphatic carbocycles. The number of anilines is 1. The number of fused-ring (bicyclic) bond motifs is 2. The summed E-state index contributed by atoms with van der Waals surface area (Å²) in [6.45, 7) is 6.03. The van der Waals surface area contributed by atoms with E-state index in [0.717, 1.165) is 49.8 Å². The van der Waals surface area contributed by atoms with Crippen molar-refractivity contribution in [1.29, 1.82) is 0 Å². The summed E-state index contributed by atoms with van der Waals surface area (Å²) >= 11 is 5.46. The van der Waals surface area contributed by atoms with Gasteiger partial charge >= 0.3 is 0 Å². The fourth-order valence-corrected chi connectivity index (χ4v) is 4.34. The summed E-state index contributed by atoms with van der Waals surface area (Å²) in [6.07, 6.45) is 0. The minimum absolute atomic E-state index is 0.224. The van der Waals surface area contributed by atoms with Crippen molar-refractivity contribution in [2.45, 2.75) is 20.8 Å². The van der Waals surface area contributed by atoms with Crippen molar-refractivity contribution in [1.82, 2.24) is 10.3 Å². The number of amides is 1. The highest BCUT2D eigenvalue weighted by molar-refractivity contribution is 7.80. The first-order valence-electron chi connectivity index (χ1n) is 11.0. The van der Waals surface area contributed by atoms with Gasteiger partial charge in [0.15, 0.2) is 10.7 Å². The van der Waals surface area contributed by atoms with Gasteiger partial charge in [0.25, 0.3) is 5.91 Å². The summed E-state index contributed by atoms with van der Waals surface area (Å²) in [5.41, 5.74) is 6.97. The van der Waals surface area contributed by atoms with Crippen LogP contribution in [0.25, 0.3) is 33.3 Å². The van der Waals surface area contributed by atoms with Crippen LogP contribution in [0, 0.1) is 20.8 Å². The van der Waals surface area contributed by atoms with E-state index < -0.39 is 0 Å². The number of nitrogens with zero attached hydrogens (tertiary/aromatic N) is 1. The van der Waals surface area contributed by atoms with E-state index in [9.17, 15) is 4.79 Å². The molecule has 1 amide bonds. The van der Waals surface area contributed by atoms with Gasteiger partial charge in [-0.05, 0) is 84.7 Å². The molecule has 0 aliphatic heterocycles. The SMILES string of the molecule is Cc1cc(C)c2oc(-c3ccc(C)c(NC(=S)NC(=O)c4cccc5ccccc45)c3)nc2c1. The number of benzene rings is 4. The molecule has 2 N–H and O–H groups in total. The minimum atomic E-state index is -0.257. The third kappa shape index (κ3) is 4.16. The molecule has 0 saturated heterocycles. The number of nitrogens with one attached hydrogen (secondary N) is 2. The Morgan fingerprint density at radius 2 is 1.71 bits per heavy atom. The van der Waals surface area contributed by atoms with Gasteiger partial charge in [0.05, 0.1) is 0 Å². The van der Waals surface area contributed by atoms with Crippen molar-refractivity contribution in [2.24, 2.45) is 0 Å². The smallest absolute Gasteiger partial charge is 0.258 e. The number of hydrogen-bond donors (Lipinski definition) is 2. The van der Waals surface area contributed by atoms with Crippen molar-refractivity contribution in [3.63, 3.8) is 0 Å². The zero-order valence-electron chi connectivity index (χ0n) is 19.1. The van der Waals surface area contributed by atoms with Gasteiger partial charge in [0.1, 0.15) is 5.52 Å². The molecule has 0 atom stereocenters. The largest absolute Gasteiger partial charge is 0.436 e. The Kier molecular flexibility index (Phi) is 5.59. The molecule has 0 spiro atoms. The van der Waals surface area contributed by atoms with Crippen molar-refractivity contribution < 1.29 is 9.21 Å². The van der Waals surface area contributed by atoms with Crippen LogP contribution in [0.1, 0.15) is 27.0 Å². The average molecular weight is 466 g/mol. The Balaban J connectivity index is 1.38. The molecule has 1 heterocycles. The molecule has 5 rings (SSSR count). The van der Waals surface area contributed by atoms with Gasteiger partial charge in [-0.25, -0.2) is 4.98 Å². The fourth-order valence-electron chi connectivity index (χ4n) is 4.14. The second-order valence-electron chi connectivity index (χ2n) is 8.41. The monoisotopic (exact) mass is 465 g/mol. The quantitative estimate of drug-likeness (QED) is 0.290. The summed E-state index contributed by atoms with van der Waals surface area (Å²) < 4.78 is 6.06. The maximum absolute atomic E-state index is 12.9. The van der Waals surface area contributed by atoms with Crippen LogP contribution in [0.4, 0.5) is 5.69 Å². The van der Waals surface area contributed by atoms with Crippen molar-refractivity contribution in [3.8, 4) is 11.5 Å². The van der Waals surface area contributed by atoms with E-state index in [0.29, 0.717) is 11.5 Å². The van der Waals surface area contributed by atoms with Gasteiger partial charge in [-0.15, -0.1) is 0 Å². The Bertz CT molecular complexity index is 1580. The number of aryl methyl sites for hydroxylation is 3. The number of carbonyl (C=O) groups excluding carboxylic acids is 1. The molecule has 0 bridgehead atoms. The van der Waals surface area contributed by atoms with E-state index >= 15 is 0 Å². The average Bonchev–Trinajstić information content (AvgIpc) is 3.24. The Morgan fingerprint density at radius 3 is 2.56 bits per heavy atom. The molecule has 0 radical (unpaired) electrons. The molecule has 0 aliphatic rings. The molecule has 34 heavy (non-hydrogen) atoms. The fraction of sp³-hybridized carbons (Fsp3) is 0.107. The van der Waals surface area contributed by atoms with E-state index in [2.05, 4.69) is 21.7 Å². The number of carbonyl (C=O) groups is 1. The normalized spacial score (nSPS) is 11.0. The van der Waals surface area contributed by atoms with Crippen LogP contribution >= 0.6 is 12.2 Å². The van der Waals surface area contributed by atoms with E-state index in [-0.39, 0.29) is 11.0 Å². The Labute approximate surface area is 202 Å². The van der Waals surface area contributed by atoms with Crippen LogP contribution in [-0.4, -0.2) is 16.0 Å². The highest BCUT2D eigenvalue weighted by Gasteiger charge is 2.15. The molecular formula is C28H23N3O2S. The van der Waals surface area contributed by atoms with Crippen LogP contribution in [0.2, 0.25) is 0 Å². The number of thiocarbonyl (C=S) groups is 1. The van der Waals surface area contributed by atoms with Gasteiger partial charge in [0, 0.05) is 16.8 Å². The minimum Gasteiger partial charge on any atom is -0.436 e. The standard InChI is InChI=1S/C28H23N3O2S/c1-16-13-18(3)25-24(14-16)29-27(33-25)20-12-11-17(2)23(15-20)30-28(34)31-26(32)22-10-6-8-19-7-4-5-9-21(19)22/h4-15H,1-3H3,(H2,30,31,32,34). The summed E-state index contributed by atoms with van der Waals surface area (Å²) in [7, 11) is 0. The predicted molar refractivity (Wildman–Crippen MR) is 141 cm³/mol. The lowest BCUT2D eigenvalue weighted by Gasteiger charge is -2.13. The molecule has 4 aromatic carbocycles. The highest BCUT2D eigenvalue weighted by Crippen LogP contribution is 2.30. The maximum atomic E-state index is 12.9. The maximum Gasteiger partial charge on any atom is 0.258 e. The molecule has 5 nitrogen and oxygen atoms in total. The Morgan fingerprint density at radius 1 is 0.912 bits per heavy atom. The third-order valence-electron chi connectivity index (χ3n) is 5.81. The van der Waals surface area contributed by atoms with E-state index in [1.165, 1.54) is 0 Å². The molecular weight excluding hydrogens is 442 g/mol. The lowest BCUT2D eigenvalue weighted by Crippen LogP contribution is -2.34. The van der Waals surface area contributed by atoms with Gasteiger partial charge in [-0.3, -0.25) is 10.1 Å². The summed E-state index contributed by atoms with van der Waals surface area (Å²) in [4.78, 5) is 17.6. The van der Waals surface area contributed by atoms with Crippen LogP contribution in [-0.2, 0) is 0 Å². The second kappa shape index (κ2) is 8.72. The molecule has 0 fully saturated rings. The first-order chi connectivity index (χ1) is 16.4. The molecule has 0 saturated carbocycles. The van der Waals surface area contributed by atoms with Gasteiger partial charge in [-0.1, -0.05) is 48.5 Å².